The molecule has 2 heterocycles. The van der Waals surface area contributed by atoms with Crippen LogP contribution in [0.15, 0.2) is 59.1 Å². The predicted molar refractivity (Wildman–Crippen MR) is 109 cm³/mol. The molecule has 0 saturated carbocycles. The van der Waals surface area contributed by atoms with Gasteiger partial charge < -0.3 is 14.6 Å². The van der Waals surface area contributed by atoms with E-state index >= 15 is 0 Å². The van der Waals surface area contributed by atoms with E-state index in [2.05, 4.69) is 22.4 Å². The predicted octanol–water partition coefficient (Wildman–Crippen LogP) is 3.24. The molecular formula is C22H24N4O2. The van der Waals surface area contributed by atoms with Crippen molar-refractivity contribution >= 4 is 11.6 Å². The van der Waals surface area contributed by atoms with E-state index in [4.69, 9.17) is 14.2 Å². The third kappa shape index (κ3) is 3.83. The maximum Gasteiger partial charge on any atom is 0.258 e. The molecule has 1 atom stereocenters. The highest BCUT2D eigenvalue weighted by molar-refractivity contribution is 5.89. The molecule has 28 heavy (non-hydrogen) atoms. The first-order valence-electron chi connectivity index (χ1n) is 9.41. The Balaban J connectivity index is 1.76. The normalized spacial score (nSPS) is 18.2. The van der Waals surface area contributed by atoms with Crippen LogP contribution in [-0.2, 0) is 0 Å². The molecule has 1 aliphatic rings. The summed E-state index contributed by atoms with van der Waals surface area (Å²) in [4.78, 5) is 6.99. The largest absolute Gasteiger partial charge is 0.496 e. The van der Waals surface area contributed by atoms with Gasteiger partial charge in [0.05, 0.1) is 13.2 Å². The standard InChI is InChI=1S/C22H24N4O2/c1-26-13-12-23-15-19(26)21-24-22(28-25-21)18(16-8-4-3-5-9-16)14-17-10-6-7-11-20(17)27-2/h3-11,14,19,23H,12-13,15H2,1-2H3/b18-14+. The fourth-order valence-electron chi connectivity index (χ4n) is 3.40. The fraction of sp³-hybridized carbons (Fsp3) is 0.273. The van der Waals surface area contributed by atoms with Crippen molar-refractivity contribution in [2.45, 2.75) is 6.04 Å². The van der Waals surface area contributed by atoms with Crippen molar-refractivity contribution in [3.63, 3.8) is 0 Å². The zero-order valence-corrected chi connectivity index (χ0v) is 16.1. The number of likely N-dealkylation sites (N-methyl/N-ethyl adjacent to an activating group) is 1. The smallest absolute Gasteiger partial charge is 0.258 e. The van der Waals surface area contributed by atoms with Crippen molar-refractivity contribution in [2.75, 3.05) is 33.8 Å². The number of para-hydroxylation sites is 1. The molecule has 6 nitrogen and oxygen atoms in total. The minimum Gasteiger partial charge on any atom is -0.496 e. The topological polar surface area (TPSA) is 63.4 Å². The number of ether oxygens (including phenoxy) is 1. The maximum atomic E-state index is 5.70. The molecule has 6 heteroatoms. The molecule has 2 aromatic carbocycles. The molecule has 1 aliphatic heterocycles. The summed E-state index contributed by atoms with van der Waals surface area (Å²) in [7, 11) is 3.76. The van der Waals surface area contributed by atoms with Crippen molar-refractivity contribution < 1.29 is 9.26 Å². The van der Waals surface area contributed by atoms with E-state index in [0.717, 1.165) is 42.1 Å². The van der Waals surface area contributed by atoms with Gasteiger partial charge >= 0.3 is 0 Å². The summed E-state index contributed by atoms with van der Waals surface area (Å²) in [5.74, 6) is 2.00. The number of benzene rings is 2. The first kappa shape index (κ1) is 18.4. The van der Waals surface area contributed by atoms with E-state index in [1.54, 1.807) is 7.11 Å². The maximum absolute atomic E-state index is 5.70. The van der Waals surface area contributed by atoms with Crippen molar-refractivity contribution in [2.24, 2.45) is 0 Å². The van der Waals surface area contributed by atoms with E-state index in [1.807, 2.05) is 60.7 Å². The van der Waals surface area contributed by atoms with E-state index < -0.39 is 0 Å². The van der Waals surface area contributed by atoms with Gasteiger partial charge in [0.2, 0.25) is 0 Å². The molecule has 0 bridgehead atoms. The van der Waals surface area contributed by atoms with Crippen molar-refractivity contribution in [3.05, 3.63) is 77.4 Å². The Kier molecular flexibility index (Phi) is 5.50. The summed E-state index contributed by atoms with van der Waals surface area (Å²) < 4.78 is 11.2. The quantitative estimate of drug-likeness (QED) is 0.690. The molecule has 1 N–H and O–H groups in total. The highest BCUT2D eigenvalue weighted by Crippen LogP contribution is 2.29. The van der Waals surface area contributed by atoms with Crippen LogP contribution in [0.4, 0.5) is 0 Å². The number of methoxy groups -OCH3 is 1. The highest BCUT2D eigenvalue weighted by atomic mass is 16.5. The van der Waals surface area contributed by atoms with Gasteiger partial charge in [-0.15, -0.1) is 0 Å². The molecule has 1 aromatic heterocycles. The van der Waals surface area contributed by atoms with Crippen molar-refractivity contribution in [1.82, 2.24) is 20.4 Å². The lowest BCUT2D eigenvalue weighted by Gasteiger charge is -2.30. The summed E-state index contributed by atoms with van der Waals surface area (Å²) >= 11 is 0. The molecule has 3 aromatic rings. The summed E-state index contributed by atoms with van der Waals surface area (Å²) in [6.45, 7) is 2.74. The molecule has 144 valence electrons. The van der Waals surface area contributed by atoms with Crippen LogP contribution in [-0.4, -0.2) is 48.8 Å². The Morgan fingerprint density at radius 3 is 2.75 bits per heavy atom. The van der Waals surface area contributed by atoms with Gasteiger partial charge in [-0.2, -0.15) is 4.98 Å². The lowest BCUT2D eigenvalue weighted by atomic mass is 10.0. The Labute approximate surface area is 164 Å². The number of hydrogen-bond acceptors (Lipinski definition) is 6. The number of rotatable bonds is 5. The van der Waals surface area contributed by atoms with Crippen LogP contribution in [0.1, 0.15) is 28.9 Å². The first-order valence-corrected chi connectivity index (χ1v) is 9.41. The molecule has 1 fully saturated rings. The molecule has 1 saturated heterocycles. The van der Waals surface area contributed by atoms with E-state index in [-0.39, 0.29) is 6.04 Å². The monoisotopic (exact) mass is 376 g/mol. The van der Waals surface area contributed by atoms with Crippen LogP contribution < -0.4 is 10.1 Å². The SMILES string of the molecule is COc1ccccc1/C=C(\c1ccccc1)c1nc(C2CNCCN2C)no1. The van der Waals surface area contributed by atoms with Gasteiger partial charge in [0.1, 0.15) is 5.75 Å². The summed E-state index contributed by atoms with van der Waals surface area (Å²) in [6, 6.07) is 18.1. The second kappa shape index (κ2) is 8.37. The summed E-state index contributed by atoms with van der Waals surface area (Å²) in [5.41, 5.74) is 2.84. The minimum absolute atomic E-state index is 0.106. The number of nitrogens with zero attached hydrogens (tertiary/aromatic N) is 3. The van der Waals surface area contributed by atoms with Crippen molar-refractivity contribution in [3.8, 4) is 5.75 Å². The van der Waals surface area contributed by atoms with E-state index in [0.29, 0.717) is 11.7 Å². The van der Waals surface area contributed by atoms with Gasteiger partial charge in [0.15, 0.2) is 5.82 Å². The second-order valence-electron chi connectivity index (χ2n) is 6.82. The zero-order chi connectivity index (χ0) is 19.3. The van der Waals surface area contributed by atoms with Crippen LogP contribution in [0.25, 0.3) is 11.6 Å². The molecule has 0 aliphatic carbocycles. The molecule has 1 unspecified atom stereocenters. The van der Waals surface area contributed by atoms with Gasteiger partial charge in [0, 0.05) is 30.8 Å². The van der Waals surface area contributed by atoms with E-state index in [1.165, 1.54) is 0 Å². The molecular weight excluding hydrogens is 352 g/mol. The highest BCUT2D eigenvalue weighted by Gasteiger charge is 2.26. The van der Waals surface area contributed by atoms with Gasteiger partial charge in [-0.1, -0.05) is 53.7 Å². The Morgan fingerprint density at radius 2 is 1.96 bits per heavy atom. The second-order valence-corrected chi connectivity index (χ2v) is 6.82. The summed E-state index contributed by atoms with van der Waals surface area (Å²) in [6.07, 6.45) is 2.04. The van der Waals surface area contributed by atoms with Crippen LogP contribution in [0.3, 0.4) is 0 Å². The summed E-state index contributed by atoms with van der Waals surface area (Å²) in [5, 5.41) is 7.68. The van der Waals surface area contributed by atoms with Gasteiger partial charge in [0.25, 0.3) is 5.89 Å². The molecule has 0 radical (unpaired) electrons. The van der Waals surface area contributed by atoms with Gasteiger partial charge in [-0.3, -0.25) is 4.90 Å². The zero-order valence-electron chi connectivity index (χ0n) is 16.1. The first-order chi connectivity index (χ1) is 13.8. The van der Waals surface area contributed by atoms with Crippen LogP contribution in [0.5, 0.6) is 5.75 Å². The lowest BCUT2D eigenvalue weighted by molar-refractivity contribution is 0.190. The number of aromatic nitrogens is 2. The number of piperazine rings is 1. The Morgan fingerprint density at radius 1 is 1.18 bits per heavy atom. The third-order valence-corrected chi connectivity index (χ3v) is 5.00. The van der Waals surface area contributed by atoms with Gasteiger partial charge in [-0.05, 0) is 24.8 Å². The number of hydrogen-bond donors (Lipinski definition) is 1. The van der Waals surface area contributed by atoms with Crippen LogP contribution >= 0.6 is 0 Å². The average Bonchev–Trinajstić information content (AvgIpc) is 3.23. The molecule has 4 rings (SSSR count). The van der Waals surface area contributed by atoms with Crippen LogP contribution in [0, 0.1) is 0 Å². The molecule has 0 spiro atoms. The fourth-order valence-corrected chi connectivity index (χ4v) is 3.40. The Bertz CT molecular complexity index is 952. The Hall–Kier alpha value is -2.96. The lowest BCUT2D eigenvalue weighted by Crippen LogP contribution is -2.44. The average molecular weight is 376 g/mol. The minimum atomic E-state index is 0.106. The van der Waals surface area contributed by atoms with Crippen LogP contribution in [0.2, 0.25) is 0 Å². The molecule has 0 amide bonds. The third-order valence-electron chi connectivity index (χ3n) is 5.00. The van der Waals surface area contributed by atoms with E-state index in [9.17, 15) is 0 Å². The van der Waals surface area contributed by atoms with Gasteiger partial charge in [-0.25, -0.2) is 0 Å². The number of nitrogens with one attached hydrogen (secondary N) is 1. The van der Waals surface area contributed by atoms with Crippen molar-refractivity contribution in [1.29, 1.82) is 0 Å².